The molecule has 2 amide bonds. The Bertz CT molecular complexity index is 1730. The van der Waals surface area contributed by atoms with Gasteiger partial charge >= 0.3 is 0 Å². The summed E-state index contributed by atoms with van der Waals surface area (Å²) in [4.78, 5) is 29.4. The summed E-state index contributed by atoms with van der Waals surface area (Å²) in [5.41, 5.74) is 4.15. The third-order valence-electron chi connectivity index (χ3n) is 8.65. The number of carbonyl (C=O) groups is 2. The molecule has 1 aliphatic rings. The largest absolute Gasteiger partial charge is 0.492 e. The Morgan fingerprint density at radius 3 is 2.29 bits per heavy atom. The predicted molar refractivity (Wildman–Crippen MR) is 204 cm³/mol. The molecule has 0 saturated heterocycles. The monoisotopic (exact) mass is 711 g/mol. The van der Waals surface area contributed by atoms with Crippen LogP contribution in [0.3, 0.4) is 0 Å². The Morgan fingerprint density at radius 1 is 0.882 bits per heavy atom. The molecule has 1 aliphatic heterocycles. The molecule has 5 rings (SSSR count). The summed E-state index contributed by atoms with van der Waals surface area (Å²) >= 11 is 6.60. The quantitative estimate of drug-likeness (QED) is 0.115. The van der Waals surface area contributed by atoms with E-state index in [1.807, 2.05) is 66.7 Å². The lowest BCUT2D eigenvalue weighted by Crippen LogP contribution is -2.45. The molecule has 0 radical (unpaired) electrons. The SMILES string of the molecule is COc1c(OCCCNCCCc2ccccc2)cccc1C1OC(CC(=O)NCc2ccccc2)C(=O)N(CC(C)(C)C)c2ccc(Cl)cc21. The van der Waals surface area contributed by atoms with E-state index >= 15 is 0 Å². The molecule has 0 aromatic heterocycles. The minimum Gasteiger partial charge on any atom is -0.492 e. The van der Waals surface area contributed by atoms with Crippen LogP contribution in [0.1, 0.15) is 68.4 Å². The molecule has 0 aliphatic carbocycles. The van der Waals surface area contributed by atoms with Gasteiger partial charge in [-0.25, -0.2) is 0 Å². The van der Waals surface area contributed by atoms with Crippen LogP contribution >= 0.6 is 11.6 Å². The maximum atomic E-state index is 14.3. The molecule has 0 bridgehead atoms. The molecule has 51 heavy (non-hydrogen) atoms. The number of benzene rings is 4. The van der Waals surface area contributed by atoms with Crippen LogP contribution < -0.4 is 25.0 Å². The Morgan fingerprint density at radius 2 is 1.59 bits per heavy atom. The van der Waals surface area contributed by atoms with Crippen molar-refractivity contribution in [1.82, 2.24) is 10.6 Å². The molecule has 2 N–H and O–H groups in total. The van der Waals surface area contributed by atoms with Crippen molar-refractivity contribution in [3.05, 3.63) is 124 Å². The van der Waals surface area contributed by atoms with Gasteiger partial charge in [0.25, 0.3) is 5.91 Å². The topological polar surface area (TPSA) is 89.1 Å². The maximum Gasteiger partial charge on any atom is 0.256 e. The van der Waals surface area contributed by atoms with E-state index in [-0.39, 0.29) is 23.7 Å². The lowest BCUT2D eigenvalue weighted by atomic mass is 9.94. The van der Waals surface area contributed by atoms with E-state index in [0.29, 0.717) is 53.0 Å². The fourth-order valence-corrected chi connectivity index (χ4v) is 6.44. The van der Waals surface area contributed by atoms with Gasteiger partial charge in [0.05, 0.1) is 20.1 Å². The van der Waals surface area contributed by atoms with Crippen LogP contribution in [0.25, 0.3) is 0 Å². The number of methoxy groups -OCH3 is 1. The highest BCUT2D eigenvalue weighted by atomic mass is 35.5. The Hall–Kier alpha value is -4.37. The van der Waals surface area contributed by atoms with Gasteiger partial charge in [0, 0.05) is 34.9 Å². The third-order valence-corrected chi connectivity index (χ3v) is 8.89. The molecule has 8 nitrogen and oxygen atoms in total. The van der Waals surface area contributed by atoms with Gasteiger partial charge in [0.1, 0.15) is 12.2 Å². The summed E-state index contributed by atoms with van der Waals surface area (Å²) in [5.74, 6) is 0.514. The highest BCUT2D eigenvalue weighted by molar-refractivity contribution is 6.30. The summed E-state index contributed by atoms with van der Waals surface area (Å²) in [6.07, 6.45) is 0.935. The van der Waals surface area contributed by atoms with Crippen molar-refractivity contribution in [2.75, 3.05) is 38.3 Å². The molecule has 0 fully saturated rings. The van der Waals surface area contributed by atoms with Gasteiger partial charge < -0.3 is 29.7 Å². The average molecular weight is 712 g/mol. The van der Waals surface area contributed by atoms with Gasteiger partial charge in [-0.3, -0.25) is 9.59 Å². The zero-order valence-electron chi connectivity index (χ0n) is 30.1. The number of ether oxygens (including phenoxy) is 3. The van der Waals surface area contributed by atoms with E-state index in [1.165, 1.54) is 5.56 Å². The summed E-state index contributed by atoms with van der Waals surface area (Å²) in [7, 11) is 1.60. The summed E-state index contributed by atoms with van der Waals surface area (Å²) in [6, 6.07) is 31.3. The normalized spacial score (nSPS) is 15.9. The molecule has 2 unspecified atom stereocenters. The highest BCUT2D eigenvalue weighted by Gasteiger charge is 2.40. The predicted octanol–water partition coefficient (Wildman–Crippen LogP) is 7.91. The molecular formula is C42H50ClN3O5. The van der Waals surface area contributed by atoms with Gasteiger partial charge in [-0.2, -0.15) is 0 Å². The van der Waals surface area contributed by atoms with Crippen LogP contribution in [0.4, 0.5) is 5.69 Å². The van der Waals surface area contributed by atoms with E-state index in [2.05, 4.69) is 55.7 Å². The highest BCUT2D eigenvalue weighted by Crippen LogP contribution is 2.45. The van der Waals surface area contributed by atoms with E-state index < -0.39 is 12.2 Å². The van der Waals surface area contributed by atoms with Crippen molar-refractivity contribution in [3.63, 3.8) is 0 Å². The van der Waals surface area contributed by atoms with Gasteiger partial charge in [-0.05, 0) is 73.2 Å². The molecule has 0 spiro atoms. The van der Waals surface area contributed by atoms with Gasteiger partial charge in [-0.15, -0.1) is 0 Å². The number of aryl methyl sites for hydroxylation is 1. The number of nitrogens with one attached hydrogen (secondary N) is 2. The van der Waals surface area contributed by atoms with Gasteiger partial charge in [0.2, 0.25) is 5.91 Å². The minimum atomic E-state index is -1.07. The van der Waals surface area contributed by atoms with Crippen molar-refractivity contribution in [3.8, 4) is 11.5 Å². The van der Waals surface area contributed by atoms with Crippen LogP contribution in [0.15, 0.2) is 97.1 Å². The first-order chi connectivity index (χ1) is 24.6. The van der Waals surface area contributed by atoms with Crippen LogP contribution in [-0.2, 0) is 27.3 Å². The summed E-state index contributed by atoms with van der Waals surface area (Å²) in [5, 5.41) is 6.97. The van der Waals surface area contributed by atoms with Gasteiger partial charge in [-0.1, -0.05) is 105 Å². The van der Waals surface area contributed by atoms with Crippen molar-refractivity contribution in [1.29, 1.82) is 0 Å². The van der Waals surface area contributed by atoms with E-state index in [9.17, 15) is 9.59 Å². The number of rotatable bonds is 16. The number of fused-ring (bicyclic) bond motifs is 1. The number of hydrogen-bond donors (Lipinski definition) is 2. The molecule has 270 valence electrons. The number of hydrogen-bond acceptors (Lipinski definition) is 6. The summed E-state index contributed by atoms with van der Waals surface area (Å²) < 4.78 is 19.0. The zero-order chi connectivity index (χ0) is 36.2. The van der Waals surface area contributed by atoms with Crippen LogP contribution in [0, 0.1) is 5.41 Å². The van der Waals surface area contributed by atoms with Crippen molar-refractivity contribution in [2.24, 2.45) is 5.41 Å². The molecule has 1 heterocycles. The second-order valence-corrected chi connectivity index (χ2v) is 14.5. The number of amides is 2. The lowest BCUT2D eigenvalue weighted by molar-refractivity contribution is -0.138. The Labute approximate surface area is 307 Å². The smallest absolute Gasteiger partial charge is 0.256 e. The number of halogens is 1. The fraction of sp³-hybridized carbons (Fsp3) is 0.381. The van der Waals surface area contributed by atoms with Crippen LogP contribution in [0.5, 0.6) is 11.5 Å². The first-order valence-corrected chi connectivity index (χ1v) is 18.1. The number of anilines is 1. The summed E-state index contributed by atoms with van der Waals surface area (Å²) in [6.45, 7) is 9.24. The fourth-order valence-electron chi connectivity index (χ4n) is 6.26. The number of carbonyl (C=O) groups excluding carboxylic acids is 2. The Balaban J connectivity index is 1.34. The minimum absolute atomic E-state index is 0.151. The molecule has 4 aromatic carbocycles. The lowest BCUT2D eigenvalue weighted by Gasteiger charge is -2.31. The molecule has 2 atom stereocenters. The molecule has 4 aromatic rings. The Kier molecular flexibility index (Phi) is 13.5. The molecular weight excluding hydrogens is 662 g/mol. The number of nitrogens with zero attached hydrogens (tertiary/aromatic N) is 1. The average Bonchev–Trinajstić information content (AvgIpc) is 3.22. The van der Waals surface area contributed by atoms with E-state index in [1.54, 1.807) is 18.1 Å². The van der Waals surface area contributed by atoms with Crippen molar-refractivity contribution < 1.29 is 23.8 Å². The first-order valence-electron chi connectivity index (χ1n) is 17.7. The van der Waals surface area contributed by atoms with Crippen LogP contribution in [0.2, 0.25) is 5.02 Å². The third kappa shape index (κ3) is 10.8. The van der Waals surface area contributed by atoms with Gasteiger partial charge in [0.15, 0.2) is 11.5 Å². The van der Waals surface area contributed by atoms with Crippen molar-refractivity contribution in [2.45, 2.75) is 65.2 Å². The second kappa shape index (κ2) is 18.2. The number of para-hydroxylation sites is 1. The van der Waals surface area contributed by atoms with E-state index in [0.717, 1.165) is 37.9 Å². The second-order valence-electron chi connectivity index (χ2n) is 14.1. The molecule has 9 heteroatoms. The first kappa shape index (κ1) is 37.9. The van der Waals surface area contributed by atoms with E-state index in [4.69, 9.17) is 25.8 Å². The maximum absolute atomic E-state index is 14.3. The standard InChI is InChI=1S/C42H50ClN3O5/c1-42(2,3)29-46-35-22-21-32(43)26-34(35)39(51-37(41(46)48)27-38(47)45-28-31-16-9-6-10-17-31)33-19-11-20-36(40(33)49-4)50-25-13-24-44-23-12-18-30-14-7-5-8-15-30/h5-11,14-17,19-22,26,37,39,44H,12-13,18,23-25,27-29H2,1-4H3,(H,45,47). The van der Waals surface area contributed by atoms with Crippen molar-refractivity contribution >= 4 is 29.1 Å². The molecule has 0 saturated carbocycles. The zero-order valence-corrected chi connectivity index (χ0v) is 30.9. The van der Waals surface area contributed by atoms with Crippen LogP contribution in [-0.4, -0.2) is 51.3 Å².